The minimum Gasteiger partial charge on any atom is -0.502 e. The Labute approximate surface area is 120 Å². The van der Waals surface area contributed by atoms with Crippen molar-refractivity contribution >= 4 is 13.3 Å². The van der Waals surface area contributed by atoms with Gasteiger partial charge in [0.25, 0.3) is 0 Å². The van der Waals surface area contributed by atoms with Gasteiger partial charge in [0.05, 0.1) is 5.56 Å². The monoisotopic (exact) mass is 295 g/mol. The van der Waals surface area contributed by atoms with Gasteiger partial charge < -0.3 is 4.65 Å². The van der Waals surface area contributed by atoms with Crippen LogP contribution >= 0.6 is 0 Å². The highest BCUT2D eigenvalue weighted by Crippen LogP contribution is 2.28. The molecule has 0 amide bonds. The van der Waals surface area contributed by atoms with Crippen molar-refractivity contribution in [2.75, 3.05) is 0 Å². The zero-order chi connectivity index (χ0) is 15.4. The van der Waals surface area contributed by atoms with Crippen molar-refractivity contribution < 1.29 is 26.9 Å². The number of halogens is 4. The minimum absolute atomic E-state index is 0.370. The van der Waals surface area contributed by atoms with Crippen LogP contribution in [0.4, 0.5) is 17.4 Å². The largest absolute Gasteiger partial charge is 0.796 e. The topological polar surface area (TPSA) is 26.3 Å². The second-order valence-electron chi connectivity index (χ2n) is 4.06. The zero-order valence-electron chi connectivity index (χ0n) is 10.5. The first kappa shape index (κ1) is 15.6. The average Bonchev–Trinajstić information content (AvgIpc) is 2.91. The molecular weight excluding hydrogens is 287 g/mol. The summed E-state index contributed by atoms with van der Waals surface area (Å²) < 4.78 is 55.1. The summed E-state index contributed by atoms with van der Waals surface area (Å²) >= 11 is 0. The summed E-state index contributed by atoms with van der Waals surface area (Å²) in [5.41, 5.74) is -0.601. The Morgan fingerprint density at radius 1 is 1.14 bits per heavy atom. The SMILES string of the molecule is O=C(/C=C/[C]1[CH][CH][CH][CH]1)c1cc(F)cc(F)c1OB(F)F. The van der Waals surface area contributed by atoms with E-state index >= 15 is 0 Å². The predicted molar refractivity (Wildman–Crippen MR) is 68.9 cm³/mol. The molecule has 0 aromatic heterocycles. The van der Waals surface area contributed by atoms with Gasteiger partial charge in [0, 0.05) is 12.0 Å². The molecule has 0 N–H and O–H groups in total. The van der Waals surface area contributed by atoms with Gasteiger partial charge in [-0.15, -0.1) is 0 Å². The zero-order valence-corrected chi connectivity index (χ0v) is 10.5. The van der Waals surface area contributed by atoms with Crippen LogP contribution in [-0.2, 0) is 0 Å². The van der Waals surface area contributed by atoms with E-state index in [2.05, 4.69) is 4.65 Å². The van der Waals surface area contributed by atoms with E-state index in [4.69, 9.17) is 0 Å². The molecule has 1 saturated carbocycles. The van der Waals surface area contributed by atoms with E-state index in [9.17, 15) is 22.2 Å². The molecule has 0 saturated heterocycles. The van der Waals surface area contributed by atoms with Crippen LogP contribution in [0.1, 0.15) is 10.4 Å². The molecule has 1 aliphatic carbocycles. The van der Waals surface area contributed by atoms with Crippen molar-refractivity contribution in [3.05, 3.63) is 73.1 Å². The van der Waals surface area contributed by atoms with Gasteiger partial charge in [0.1, 0.15) is 5.82 Å². The first-order valence-electron chi connectivity index (χ1n) is 5.85. The highest BCUT2D eigenvalue weighted by Gasteiger charge is 2.25. The smallest absolute Gasteiger partial charge is 0.502 e. The maximum Gasteiger partial charge on any atom is 0.796 e. The number of hydrogen-bond donors (Lipinski definition) is 0. The fourth-order valence-corrected chi connectivity index (χ4v) is 1.71. The van der Waals surface area contributed by atoms with Gasteiger partial charge in [-0.05, 0) is 37.8 Å². The number of ketones is 1. The lowest BCUT2D eigenvalue weighted by Gasteiger charge is -2.09. The average molecular weight is 295 g/mol. The first-order valence-corrected chi connectivity index (χ1v) is 5.85. The predicted octanol–water partition coefficient (Wildman–Crippen LogP) is 3.41. The van der Waals surface area contributed by atoms with Gasteiger partial charge in [-0.3, -0.25) is 4.79 Å². The molecule has 1 aromatic carbocycles. The maximum absolute atomic E-state index is 13.5. The van der Waals surface area contributed by atoms with Crippen LogP contribution in [0.3, 0.4) is 0 Å². The van der Waals surface area contributed by atoms with Gasteiger partial charge in [0.2, 0.25) is 0 Å². The fourth-order valence-electron chi connectivity index (χ4n) is 1.71. The molecule has 1 aliphatic rings. The molecule has 0 unspecified atom stereocenters. The lowest BCUT2D eigenvalue weighted by molar-refractivity contribution is 0.104. The van der Waals surface area contributed by atoms with E-state index in [1.807, 2.05) is 0 Å². The number of carbonyl (C=O) groups is 1. The molecule has 7 heteroatoms. The summed E-state index contributed by atoms with van der Waals surface area (Å²) in [6.07, 6.45) is 9.30. The van der Waals surface area contributed by atoms with Crippen molar-refractivity contribution in [3.63, 3.8) is 0 Å². The molecule has 1 aromatic rings. The molecule has 5 radical (unpaired) electrons. The lowest BCUT2D eigenvalue weighted by atomic mass is 10.0. The van der Waals surface area contributed by atoms with E-state index in [0.717, 1.165) is 6.08 Å². The molecule has 107 valence electrons. The van der Waals surface area contributed by atoms with Gasteiger partial charge in [-0.1, -0.05) is 6.08 Å². The Hall–Kier alpha value is -1.79. The molecule has 0 aliphatic heterocycles. The van der Waals surface area contributed by atoms with Crippen LogP contribution in [-0.4, -0.2) is 13.3 Å². The van der Waals surface area contributed by atoms with Crippen LogP contribution in [0, 0.1) is 43.2 Å². The van der Waals surface area contributed by atoms with Crippen molar-refractivity contribution in [3.8, 4) is 5.75 Å². The quantitative estimate of drug-likeness (QED) is 0.360. The van der Waals surface area contributed by atoms with E-state index in [1.54, 1.807) is 25.7 Å². The Kier molecular flexibility index (Phi) is 5.04. The Bertz CT molecular complexity index is 554. The normalized spacial score (nSPS) is 15.6. The van der Waals surface area contributed by atoms with Crippen LogP contribution in [0.25, 0.3) is 0 Å². The highest BCUT2D eigenvalue weighted by molar-refractivity contribution is 6.35. The summed E-state index contributed by atoms with van der Waals surface area (Å²) in [5, 5.41) is 0. The third kappa shape index (κ3) is 4.09. The Balaban J connectivity index is 2.25. The molecular formula is C14H8BF4O2. The van der Waals surface area contributed by atoms with Gasteiger partial charge in [0.15, 0.2) is 17.3 Å². The summed E-state index contributed by atoms with van der Waals surface area (Å²) in [6.45, 7) is 0. The minimum atomic E-state index is -3.32. The fraction of sp³-hybridized carbons (Fsp3) is 0. The van der Waals surface area contributed by atoms with E-state index in [-0.39, 0.29) is 0 Å². The molecule has 0 heterocycles. The molecule has 2 nitrogen and oxygen atoms in total. The molecule has 1 fully saturated rings. The van der Waals surface area contributed by atoms with E-state index < -0.39 is 36.2 Å². The summed E-state index contributed by atoms with van der Waals surface area (Å²) in [6, 6.07) is 1.02. The highest BCUT2D eigenvalue weighted by atomic mass is 19.2. The van der Waals surface area contributed by atoms with Crippen molar-refractivity contribution in [1.29, 1.82) is 0 Å². The third-order valence-electron chi connectivity index (χ3n) is 2.60. The third-order valence-corrected chi connectivity index (χ3v) is 2.60. The van der Waals surface area contributed by atoms with Crippen LogP contribution < -0.4 is 4.65 Å². The van der Waals surface area contributed by atoms with E-state index in [1.165, 1.54) is 6.08 Å². The molecule has 0 spiro atoms. The number of rotatable bonds is 5. The standard InChI is InChI=1S/C14H8BF4O2/c16-10-7-11(14(12(17)8-10)21-15(18)19)13(20)6-5-9-3-1-2-4-9/h1-8H/b6-5+. The summed E-state index contributed by atoms with van der Waals surface area (Å²) in [5.74, 6) is -3.54. The molecule has 2 rings (SSSR count). The molecule has 0 bridgehead atoms. The number of benzene rings is 1. The second-order valence-corrected chi connectivity index (χ2v) is 4.06. The summed E-state index contributed by atoms with van der Waals surface area (Å²) in [4.78, 5) is 11.9. The van der Waals surface area contributed by atoms with Crippen molar-refractivity contribution in [1.82, 2.24) is 0 Å². The molecule has 0 atom stereocenters. The lowest BCUT2D eigenvalue weighted by Crippen LogP contribution is -2.13. The second kappa shape index (κ2) is 6.78. The van der Waals surface area contributed by atoms with Crippen molar-refractivity contribution in [2.45, 2.75) is 0 Å². The van der Waals surface area contributed by atoms with Gasteiger partial charge in [-0.2, -0.15) is 0 Å². The Morgan fingerprint density at radius 3 is 2.43 bits per heavy atom. The molecule has 21 heavy (non-hydrogen) atoms. The van der Waals surface area contributed by atoms with Crippen LogP contribution in [0.2, 0.25) is 0 Å². The van der Waals surface area contributed by atoms with E-state index in [0.29, 0.717) is 18.1 Å². The van der Waals surface area contributed by atoms with Gasteiger partial charge >= 0.3 is 7.47 Å². The Morgan fingerprint density at radius 2 is 1.81 bits per heavy atom. The van der Waals surface area contributed by atoms with Crippen molar-refractivity contribution in [2.24, 2.45) is 0 Å². The summed E-state index contributed by atoms with van der Waals surface area (Å²) in [7, 11) is -3.32. The first-order chi connectivity index (χ1) is 9.97. The van der Waals surface area contributed by atoms with Gasteiger partial charge in [-0.25, -0.2) is 17.4 Å². The maximum atomic E-state index is 13.5. The van der Waals surface area contributed by atoms with Crippen LogP contribution in [0.5, 0.6) is 5.75 Å². The number of allylic oxidation sites excluding steroid dienone is 2. The number of carbonyl (C=O) groups excluding carboxylic acids is 1. The number of hydrogen-bond acceptors (Lipinski definition) is 2. The van der Waals surface area contributed by atoms with Crippen LogP contribution in [0.15, 0.2) is 24.3 Å².